The van der Waals surface area contributed by atoms with Crippen molar-refractivity contribution in [2.45, 2.75) is 49.5 Å². The lowest BCUT2D eigenvalue weighted by Gasteiger charge is -2.15. The second-order valence-electron chi connectivity index (χ2n) is 8.25. The lowest BCUT2D eigenvalue weighted by Crippen LogP contribution is -2.17. The van der Waals surface area contributed by atoms with Crippen LogP contribution in [0.2, 0.25) is 5.02 Å². The summed E-state index contributed by atoms with van der Waals surface area (Å²) < 4.78 is 24.6. The molecule has 0 amide bonds. The molecule has 0 bridgehead atoms. The van der Waals surface area contributed by atoms with E-state index in [1.807, 2.05) is 43.3 Å². The van der Waals surface area contributed by atoms with Gasteiger partial charge in [-0.15, -0.1) is 0 Å². The fourth-order valence-corrected chi connectivity index (χ4v) is 5.67. The van der Waals surface area contributed by atoms with Gasteiger partial charge >= 0.3 is 0 Å². The summed E-state index contributed by atoms with van der Waals surface area (Å²) in [5.74, 6) is -0.356. The number of aromatic nitrogens is 2. The zero-order valence-electron chi connectivity index (χ0n) is 17.9. The highest BCUT2D eigenvalue weighted by atomic mass is 35.5. The molecule has 1 aromatic carbocycles. The third-order valence-electron chi connectivity index (χ3n) is 5.73. The fraction of sp³-hybridized carbons (Fsp3) is 0.320. The highest BCUT2D eigenvalue weighted by molar-refractivity contribution is 7.91. The van der Waals surface area contributed by atoms with Crippen LogP contribution in [0.15, 0.2) is 60.9 Å². The highest BCUT2D eigenvalue weighted by Gasteiger charge is 2.35. The first kappa shape index (κ1) is 22.6. The molecule has 166 valence electrons. The van der Waals surface area contributed by atoms with Crippen molar-refractivity contribution in [2.24, 2.45) is 0 Å². The summed E-state index contributed by atoms with van der Waals surface area (Å²) in [5.41, 5.74) is 3.97. The first-order valence-electron chi connectivity index (χ1n) is 10.8. The summed E-state index contributed by atoms with van der Waals surface area (Å²) in [7, 11) is -3.15. The van der Waals surface area contributed by atoms with Gasteiger partial charge in [0.15, 0.2) is 9.84 Å². The molecule has 1 saturated carbocycles. The molecular weight excluding hydrogens is 444 g/mol. The van der Waals surface area contributed by atoms with Crippen molar-refractivity contribution >= 4 is 27.2 Å². The Morgan fingerprint density at radius 2 is 1.84 bits per heavy atom. The molecular formula is C25H25ClN2O3S. The molecule has 0 spiro atoms. The quantitative estimate of drug-likeness (QED) is 0.432. The largest absolute Gasteiger partial charge is 0.299 e. The summed E-state index contributed by atoms with van der Waals surface area (Å²) in [4.78, 5) is 21.7. The number of carbonyl (C=O) groups is 1. The molecule has 3 aromatic rings. The molecule has 1 fully saturated rings. The van der Waals surface area contributed by atoms with Crippen LogP contribution in [0.5, 0.6) is 0 Å². The molecule has 4 rings (SSSR count). The van der Waals surface area contributed by atoms with Crippen LogP contribution in [0.4, 0.5) is 0 Å². The van der Waals surface area contributed by atoms with Gasteiger partial charge in [-0.25, -0.2) is 8.42 Å². The standard InChI is InChI=1S/C25H25ClN2O3S/c1-2-23(24-5-3-4-21(28-24)16-32(30,31)22-10-11-22)25(29)12-17-6-8-18(9-7-17)19-13-20(26)15-27-14-19/h3-9,13-15,22-23H,2,10-12,16H2,1H3. The summed E-state index contributed by atoms with van der Waals surface area (Å²) in [6.07, 6.45) is 5.72. The zero-order valence-corrected chi connectivity index (χ0v) is 19.4. The fourth-order valence-electron chi connectivity index (χ4n) is 3.83. The maximum Gasteiger partial charge on any atom is 0.158 e. The van der Waals surface area contributed by atoms with Crippen LogP contribution in [-0.4, -0.2) is 29.4 Å². The molecule has 2 heterocycles. The average Bonchev–Trinajstić information content (AvgIpc) is 3.61. The van der Waals surface area contributed by atoms with E-state index >= 15 is 0 Å². The van der Waals surface area contributed by atoms with E-state index < -0.39 is 9.84 Å². The van der Waals surface area contributed by atoms with Crippen LogP contribution in [0.3, 0.4) is 0 Å². The van der Waals surface area contributed by atoms with Crippen LogP contribution < -0.4 is 0 Å². The molecule has 0 saturated heterocycles. The van der Waals surface area contributed by atoms with Gasteiger partial charge in [0.2, 0.25) is 0 Å². The number of nitrogens with zero attached hydrogens (tertiary/aromatic N) is 2. The molecule has 0 radical (unpaired) electrons. The highest BCUT2D eigenvalue weighted by Crippen LogP contribution is 2.31. The Bertz CT molecular complexity index is 1220. The van der Waals surface area contributed by atoms with Gasteiger partial charge in [-0.3, -0.25) is 14.8 Å². The smallest absolute Gasteiger partial charge is 0.158 e. The Hall–Kier alpha value is -2.57. The van der Waals surface area contributed by atoms with Gasteiger partial charge < -0.3 is 0 Å². The van der Waals surface area contributed by atoms with Crippen molar-refractivity contribution in [3.05, 3.63) is 82.9 Å². The second-order valence-corrected chi connectivity index (χ2v) is 11.0. The van der Waals surface area contributed by atoms with Crippen LogP contribution in [-0.2, 0) is 26.8 Å². The maximum absolute atomic E-state index is 13.1. The predicted octanol–water partition coefficient (Wildman–Crippen LogP) is 5.18. The van der Waals surface area contributed by atoms with Crippen LogP contribution >= 0.6 is 11.6 Å². The van der Waals surface area contributed by atoms with Crippen molar-refractivity contribution in [3.8, 4) is 11.1 Å². The Morgan fingerprint density at radius 3 is 2.50 bits per heavy atom. The normalized spacial score (nSPS) is 14.8. The van der Waals surface area contributed by atoms with Gasteiger partial charge in [-0.05, 0) is 48.6 Å². The molecule has 7 heteroatoms. The van der Waals surface area contributed by atoms with E-state index in [1.54, 1.807) is 24.5 Å². The minimum Gasteiger partial charge on any atom is -0.299 e. The van der Waals surface area contributed by atoms with Crippen LogP contribution in [0.1, 0.15) is 49.1 Å². The number of hydrogen-bond donors (Lipinski definition) is 0. The molecule has 0 aliphatic heterocycles. The molecule has 1 aliphatic rings. The van der Waals surface area contributed by atoms with Crippen molar-refractivity contribution < 1.29 is 13.2 Å². The third-order valence-corrected chi connectivity index (χ3v) is 8.13. The van der Waals surface area contributed by atoms with E-state index in [4.69, 9.17) is 11.6 Å². The van der Waals surface area contributed by atoms with Crippen molar-refractivity contribution in [3.63, 3.8) is 0 Å². The van der Waals surface area contributed by atoms with Crippen LogP contribution in [0.25, 0.3) is 11.1 Å². The molecule has 0 N–H and O–H groups in total. The predicted molar refractivity (Wildman–Crippen MR) is 126 cm³/mol. The SMILES string of the molecule is CCC(C(=O)Cc1ccc(-c2cncc(Cl)c2)cc1)c1cccc(CS(=O)(=O)C2CC2)n1. The molecule has 1 unspecified atom stereocenters. The number of ketones is 1. The van der Waals surface area contributed by atoms with E-state index in [9.17, 15) is 13.2 Å². The Labute approximate surface area is 193 Å². The third kappa shape index (κ3) is 5.43. The summed E-state index contributed by atoms with van der Waals surface area (Å²) >= 11 is 6.02. The minimum atomic E-state index is -3.15. The van der Waals surface area contributed by atoms with Crippen molar-refractivity contribution in [1.29, 1.82) is 0 Å². The molecule has 1 aliphatic carbocycles. The molecule has 2 aromatic heterocycles. The van der Waals surface area contributed by atoms with E-state index in [0.717, 1.165) is 29.5 Å². The number of sulfone groups is 1. The molecule has 5 nitrogen and oxygen atoms in total. The molecule has 1 atom stereocenters. The lowest BCUT2D eigenvalue weighted by atomic mass is 9.91. The number of benzene rings is 1. The van der Waals surface area contributed by atoms with E-state index in [0.29, 0.717) is 29.3 Å². The summed E-state index contributed by atoms with van der Waals surface area (Å²) in [5, 5.41) is 0.356. The number of rotatable bonds is 9. The molecule has 32 heavy (non-hydrogen) atoms. The van der Waals surface area contributed by atoms with Gasteiger partial charge in [0.25, 0.3) is 0 Å². The maximum atomic E-state index is 13.1. The Morgan fingerprint density at radius 1 is 1.09 bits per heavy atom. The van der Waals surface area contributed by atoms with E-state index in [2.05, 4.69) is 9.97 Å². The number of carbonyl (C=O) groups excluding carboxylic acids is 1. The van der Waals surface area contributed by atoms with Crippen molar-refractivity contribution in [2.75, 3.05) is 0 Å². The second kappa shape index (κ2) is 9.51. The van der Waals surface area contributed by atoms with Gasteiger partial charge in [-0.2, -0.15) is 0 Å². The van der Waals surface area contributed by atoms with Gasteiger partial charge in [0.1, 0.15) is 5.78 Å². The number of pyridine rings is 2. The lowest BCUT2D eigenvalue weighted by molar-refractivity contribution is -0.120. The number of Topliss-reactive ketones (excluding diaryl/α,β-unsaturated/α-hetero) is 1. The first-order chi connectivity index (χ1) is 15.4. The first-order valence-corrected chi connectivity index (χ1v) is 12.8. The Balaban J connectivity index is 1.46. The van der Waals surface area contributed by atoms with E-state index in [1.165, 1.54) is 0 Å². The van der Waals surface area contributed by atoms with Gasteiger partial charge in [0, 0.05) is 24.4 Å². The van der Waals surface area contributed by atoms with Gasteiger partial charge in [0.05, 0.1) is 33.3 Å². The Kier molecular flexibility index (Phi) is 6.72. The average molecular weight is 469 g/mol. The van der Waals surface area contributed by atoms with E-state index in [-0.39, 0.29) is 22.7 Å². The zero-order chi connectivity index (χ0) is 22.7. The summed E-state index contributed by atoms with van der Waals surface area (Å²) in [6.45, 7) is 1.95. The topological polar surface area (TPSA) is 77.0 Å². The minimum absolute atomic E-state index is 0.0596. The number of halogens is 1. The monoisotopic (exact) mass is 468 g/mol. The number of hydrogen-bond acceptors (Lipinski definition) is 5. The van der Waals surface area contributed by atoms with Crippen LogP contribution in [0, 0.1) is 0 Å². The van der Waals surface area contributed by atoms with Crippen molar-refractivity contribution in [1.82, 2.24) is 9.97 Å². The summed E-state index contributed by atoms with van der Waals surface area (Å²) in [6, 6.07) is 15.0. The van der Waals surface area contributed by atoms with Gasteiger partial charge in [-0.1, -0.05) is 48.9 Å².